The highest BCUT2D eigenvalue weighted by atomic mass is 16.4. The molecule has 2 aliphatic carbocycles. The molecular formula is C29H19BO2. The molecule has 5 aromatic carbocycles. The summed E-state index contributed by atoms with van der Waals surface area (Å²) in [7, 11) is -1.52. The first kappa shape index (κ1) is 18.0. The molecule has 3 heteroatoms. The SMILES string of the molecule is OB(O)c1ccc2c3c(cccc13)C1(c3ccccc3-c3ccccc31)c1ccccc1-2. The average molecular weight is 410 g/mol. The average Bonchev–Trinajstić information content (AvgIpc) is 3.13. The van der Waals surface area contributed by atoms with Gasteiger partial charge in [-0.1, -0.05) is 103 Å². The first-order valence-electron chi connectivity index (χ1n) is 10.9. The third-order valence-electron chi connectivity index (χ3n) is 7.33. The van der Waals surface area contributed by atoms with Crippen molar-refractivity contribution in [2.45, 2.75) is 5.41 Å². The van der Waals surface area contributed by atoms with Crippen LogP contribution in [0.15, 0.2) is 103 Å². The minimum Gasteiger partial charge on any atom is -0.423 e. The summed E-state index contributed by atoms with van der Waals surface area (Å²) in [5.41, 5.74) is 9.98. The number of fused-ring (bicyclic) bond motifs is 9. The van der Waals surface area contributed by atoms with Crippen molar-refractivity contribution in [3.05, 3.63) is 125 Å². The zero-order chi connectivity index (χ0) is 21.4. The summed E-state index contributed by atoms with van der Waals surface area (Å²) in [6.07, 6.45) is 0. The third kappa shape index (κ3) is 1.98. The molecule has 0 fully saturated rings. The first-order valence-corrected chi connectivity index (χ1v) is 10.9. The van der Waals surface area contributed by atoms with Crippen LogP contribution < -0.4 is 5.46 Å². The van der Waals surface area contributed by atoms with Gasteiger partial charge >= 0.3 is 7.12 Å². The molecule has 150 valence electrons. The highest BCUT2D eigenvalue weighted by Crippen LogP contribution is 2.61. The minimum absolute atomic E-state index is 0.449. The van der Waals surface area contributed by atoms with Crippen LogP contribution in [0.1, 0.15) is 22.3 Å². The molecule has 0 bridgehead atoms. The van der Waals surface area contributed by atoms with Crippen molar-refractivity contribution in [1.82, 2.24) is 0 Å². The van der Waals surface area contributed by atoms with E-state index in [2.05, 4.69) is 78.9 Å². The first-order chi connectivity index (χ1) is 15.7. The van der Waals surface area contributed by atoms with Crippen molar-refractivity contribution in [2.75, 3.05) is 0 Å². The second kappa shape index (κ2) is 6.20. The van der Waals surface area contributed by atoms with E-state index in [4.69, 9.17) is 0 Å². The molecule has 0 amide bonds. The molecule has 0 saturated heterocycles. The van der Waals surface area contributed by atoms with Gasteiger partial charge in [-0.25, -0.2) is 0 Å². The zero-order valence-electron chi connectivity index (χ0n) is 17.3. The van der Waals surface area contributed by atoms with Gasteiger partial charge in [0.2, 0.25) is 0 Å². The topological polar surface area (TPSA) is 40.5 Å². The lowest BCUT2D eigenvalue weighted by molar-refractivity contribution is 0.426. The quantitative estimate of drug-likeness (QED) is 0.380. The predicted octanol–water partition coefficient (Wildman–Crippen LogP) is 4.86. The summed E-state index contributed by atoms with van der Waals surface area (Å²) in [5, 5.41) is 22.2. The van der Waals surface area contributed by atoms with E-state index in [1.807, 2.05) is 24.3 Å². The standard InChI is InChI=1S/C29H19BO2/c31-30(32)27-17-16-21-20-10-3-6-14-25(20)29(26-15-7-11-22(27)28(21)26)23-12-4-1-8-18(23)19-9-2-5-13-24(19)29/h1-17,31-32H. The van der Waals surface area contributed by atoms with Crippen molar-refractivity contribution in [2.24, 2.45) is 0 Å². The molecule has 2 nitrogen and oxygen atoms in total. The van der Waals surface area contributed by atoms with Gasteiger partial charge in [0.25, 0.3) is 0 Å². The van der Waals surface area contributed by atoms with E-state index in [1.54, 1.807) is 0 Å². The molecule has 2 aliphatic rings. The lowest BCUT2D eigenvalue weighted by atomic mass is 9.60. The van der Waals surface area contributed by atoms with E-state index in [0.717, 1.165) is 16.3 Å². The van der Waals surface area contributed by atoms with Crippen LogP contribution in [0.4, 0.5) is 0 Å². The molecule has 0 atom stereocenters. The summed E-state index contributed by atoms with van der Waals surface area (Å²) in [6, 6.07) is 36.2. The van der Waals surface area contributed by atoms with Crippen LogP contribution in [0, 0.1) is 0 Å². The van der Waals surface area contributed by atoms with Gasteiger partial charge in [-0.3, -0.25) is 0 Å². The largest absolute Gasteiger partial charge is 0.489 e. The maximum absolute atomic E-state index is 10.1. The fourth-order valence-corrected chi connectivity index (χ4v) is 6.20. The Balaban J connectivity index is 1.77. The molecule has 7 rings (SSSR count). The molecule has 32 heavy (non-hydrogen) atoms. The van der Waals surface area contributed by atoms with Gasteiger partial charge in [0.05, 0.1) is 5.41 Å². The predicted molar refractivity (Wildman–Crippen MR) is 130 cm³/mol. The van der Waals surface area contributed by atoms with Gasteiger partial charge < -0.3 is 10.0 Å². The maximum atomic E-state index is 10.1. The van der Waals surface area contributed by atoms with Gasteiger partial charge in [-0.2, -0.15) is 0 Å². The van der Waals surface area contributed by atoms with Crippen LogP contribution >= 0.6 is 0 Å². The summed E-state index contributed by atoms with van der Waals surface area (Å²) in [4.78, 5) is 0. The molecule has 2 N–H and O–H groups in total. The Morgan fingerprint density at radius 2 is 0.969 bits per heavy atom. The second-order valence-electron chi connectivity index (χ2n) is 8.69. The Kier molecular flexibility index (Phi) is 3.48. The Morgan fingerprint density at radius 1 is 0.469 bits per heavy atom. The van der Waals surface area contributed by atoms with E-state index in [9.17, 15) is 10.0 Å². The van der Waals surface area contributed by atoms with E-state index in [0.29, 0.717) is 5.46 Å². The van der Waals surface area contributed by atoms with Gasteiger partial charge in [-0.15, -0.1) is 0 Å². The fourth-order valence-electron chi connectivity index (χ4n) is 6.20. The summed E-state index contributed by atoms with van der Waals surface area (Å²) >= 11 is 0. The highest BCUT2D eigenvalue weighted by Gasteiger charge is 2.49. The molecule has 0 aliphatic heterocycles. The van der Waals surface area contributed by atoms with E-state index < -0.39 is 12.5 Å². The van der Waals surface area contributed by atoms with Crippen LogP contribution in [-0.2, 0) is 5.41 Å². The van der Waals surface area contributed by atoms with E-state index >= 15 is 0 Å². The molecule has 0 aromatic heterocycles. The van der Waals surface area contributed by atoms with Crippen molar-refractivity contribution in [3.63, 3.8) is 0 Å². The van der Waals surface area contributed by atoms with Crippen molar-refractivity contribution in [1.29, 1.82) is 0 Å². The Labute approximate surface area is 186 Å². The molecule has 0 unspecified atom stereocenters. The monoisotopic (exact) mass is 410 g/mol. The van der Waals surface area contributed by atoms with Crippen LogP contribution in [0.5, 0.6) is 0 Å². The molecule has 5 aromatic rings. The van der Waals surface area contributed by atoms with Crippen LogP contribution in [0.25, 0.3) is 33.0 Å². The zero-order valence-corrected chi connectivity index (χ0v) is 17.3. The summed E-state index contributed by atoms with van der Waals surface area (Å²) in [6.45, 7) is 0. The number of rotatable bonds is 1. The minimum atomic E-state index is -1.52. The maximum Gasteiger partial charge on any atom is 0.489 e. The van der Waals surface area contributed by atoms with Crippen LogP contribution in [0.3, 0.4) is 0 Å². The van der Waals surface area contributed by atoms with E-state index in [1.165, 1.54) is 38.9 Å². The second-order valence-corrected chi connectivity index (χ2v) is 8.69. The number of hydrogen-bond donors (Lipinski definition) is 2. The van der Waals surface area contributed by atoms with Crippen LogP contribution in [-0.4, -0.2) is 17.2 Å². The Bertz CT molecular complexity index is 1520. The van der Waals surface area contributed by atoms with Crippen molar-refractivity contribution in [3.8, 4) is 22.3 Å². The Morgan fingerprint density at radius 3 is 1.53 bits per heavy atom. The third-order valence-corrected chi connectivity index (χ3v) is 7.33. The van der Waals surface area contributed by atoms with Gasteiger partial charge in [-0.05, 0) is 60.7 Å². The van der Waals surface area contributed by atoms with Crippen molar-refractivity contribution < 1.29 is 10.0 Å². The molecular weight excluding hydrogens is 391 g/mol. The van der Waals surface area contributed by atoms with Crippen molar-refractivity contribution >= 4 is 23.4 Å². The summed E-state index contributed by atoms with van der Waals surface area (Å²) < 4.78 is 0. The fraction of sp³-hybridized carbons (Fsp3) is 0.0345. The van der Waals surface area contributed by atoms with Gasteiger partial charge in [0, 0.05) is 0 Å². The lowest BCUT2D eigenvalue weighted by Crippen LogP contribution is -2.34. The highest BCUT2D eigenvalue weighted by molar-refractivity contribution is 6.62. The molecule has 0 radical (unpaired) electrons. The number of benzene rings is 5. The van der Waals surface area contributed by atoms with Gasteiger partial charge in [0.15, 0.2) is 0 Å². The molecule has 0 saturated carbocycles. The smallest absolute Gasteiger partial charge is 0.423 e. The lowest BCUT2D eigenvalue weighted by Gasteiger charge is -2.40. The number of hydrogen-bond acceptors (Lipinski definition) is 2. The molecule has 1 spiro atoms. The summed E-state index contributed by atoms with van der Waals surface area (Å²) in [5.74, 6) is 0. The van der Waals surface area contributed by atoms with E-state index in [-0.39, 0.29) is 0 Å². The normalized spacial score (nSPS) is 14.2. The molecule has 0 heterocycles. The van der Waals surface area contributed by atoms with Gasteiger partial charge in [0.1, 0.15) is 0 Å². The Hall–Kier alpha value is -3.66. The van der Waals surface area contributed by atoms with Crippen LogP contribution in [0.2, 0.25) is 0 Å².